The number of carbonyl (C=O) groups excluding carboxylic acids is 1. The van der Waals surface area contributed by atoms with Crippen LogP contribution in [0.1, 0.15) is 38.1 Å². The molecule has 0 unspecified atom stereocenters. The second-order valence-corrected chi connectivity index (χ2v) is 7.26. The van der Waals surface area contributed by atoms with Crippen molar-refractivity contribution < 1.29 is 14.3 Å². The van der Waals surface area contributed by atoms with Crippen molar-refractivity contribution >= 4 is 16.7 Å². The van der Waals surface area contributed by atoms with Gasteiger partial charge in [-0.05, 0) is 44.2 Å². The third-order valence-corrected chi connectivity index (χ3v) is 4.37. The number of ether oxygens (including phenoxy) is 2. The molecule has 0 fully saturated rings. The maximum absolute atomic E-state index is 12.5. The van der Waals surface area contributed by atoms with Gasteiger partial charge in [0.25, 0.3) is 0 Å². The van der Waals surface area contributed by atoms with Crippen LogP contribution in [0.4, 0.5) is 0 Å². The third-order valence-electron chi connectivity index (χ3n) is 4.37. The molecule has 1 aromatic heterocycles. The summed E-state index contributed by atoms with van der Waals surface area (Å²) in [7, 11) is 0. The molecule has 3 rings (SSSR count). The van der Waals surface area contributed by atoms with Crippen molar-refractivity contribution in [2.75, 3.05) is 6.61 Å². The minimum Gasteiger partial charge on any atom is -0.492 e. The average Bonchev–Trinajstić information content (AvgIpc) is 3.01. The first-order valence-corrected chi connectivity index (χ1v) is 9.47. The van der Waals surface area contributed by atoms with Crippen LogP contribution in [-0.4, -0.2) is 23.1 Å². The number of benzene rings is 2. The van der Waals surface area contributed by atoms with Gasteiger partial charge in [0.05, 0.1) is 12.6 Å². The molecule has 0 spiro atoms. The Hall–Kier alpha value is -2.75. The highest BCUT2D eigenvalue weighted by Crippen LogP contribution is 2.24. The molecule has 1 heterocycles. The van der Waals surface area contributed by atoms with Gasteiger partial charge in [-0.25, -0.2) is 0 Å². The van der Waals surface area contributed by atoms with E-state index in [9.17, 15) is 4.79 Å². The van der Waals surface area contributed by atoms with Crippen LogP contribution >= 0.6 is 0 Å². The number of rotatable bonds is 8. The molecule has 0 N–H and O–H groups in total. The van der Waals surface area contributed by atoms with Gasteiger partial charge in [0.2, 0.25) is 0 Å². The highest BCUT2D eigenvalue weighted by Gasteiger charge is 2.17. The van der Waals surface area contributed by atoms with Gasteiger partial charge in [-0.2, -0.15) is 0 Å². The molecule has 0 aliphatic carbocycles. The van der Waals surface area contributed by atoms with Crippen LogP contribution in [-0.2, 0) is 6.54 Å². The van der Waals surface area contributed by atoms with E-state index in [1.807, 2.05) is 82.4 Å². The van der Waals surface area contributed by atoms with E-state index in [0.717, 1.165) is 28.0 Å². The normalized spacial score (nSPS) is 11.3. The lowest BCUT2D eigenvalue weighted by Gasteiger charge is -2.11. The summed E-state index contributed by atoms with van der Waals surface area (Å²) in [5.41, 5.74) is 1.85. The quantitative estimate of drug-likeness (QED) is 0.506. The number of fused-ring (bicyclic) bond motifs is 1. The van der Waals surface area contributed by atoms with Crippen molar-refractivity contribution in [1.82, 2.24) is 4.57 Å². The number of aromatic nitrogens is 1. The topological polar surface area (TPSA) is 40.5 Å². The lowest BCUT2D eigenvalue weighted by Crippen LogP contribution is -2.09. The lowest BCUT2D eigenvalue weighted by molar-refractivity contribution is 0.0940. The van der Waals surface area contributed by atoms with E-state index < -0.39 is 0 Å². The lowest BCUT2D eigenvalue weighted by atomic mass is 10.0. The van der Waals surface area contributed by atoms with Gasteiger partial charge in [-0.1, -0.05) is 32.0 Å². The fourth-order valence-electron chi connectivity index (χ4n) is 3.09. The third kappa shape index (κ3) is 4.51. The summed E-state index contributed by atoms with van der Waals surface area (Å²) in [6, 6.07) is 15.7. The monoisotopic (exact) mass is 365 g/mol. The second-order valence-electron chi connectivity index (χ2n) is 7.26. The molecule has 4 heteroatoms. The van der Waals surface area contributed by atoms with Crippen molar-refractivity contribution in [3.63, 3.8) is 0 Å². The van der Waals surface area contributed by atoms with Crippen LogP contribution in [0.5, 0.6) is 11.5 Å². The number of ketones is 1. The van der Waals surface area contributed by atoms with Crippen molar-refractivity contribution in [3.05, 3.63) is 60.3 Å². The number of Topliss-reactive ketones (excluding diaryl/α,β-unsaturated/α-hetero) is 1. The Morgan fingerprint density at radius 2 is 1.63 bits per heavy atom. The number of hydrogen-bond donors (Lipinski definition) is 0. The Balaban J connectivity index is 1.69. The Morgan fingerprint density at radius 1 is 0.963 bits per heavy atom. The highest BCUT2D eigenvalue weighted by molar-refractivity contribution is 6.08. The minimum atomic E-state index is -0.0212. The van der Waals surface area contributed by atoms with E-state index in [0.29, 0.717) is 13.2 Å². The maximum atomic E-state index is 12.5. The molecule has 0 amide bonds. The van der Waals surface area contributed by atoms with Crippen LogP contribution in [0.25, 0.3) is 10.9 Å². The molecule has 0 saturated heterocycles. The fraction of sp³-hybridized carbons (Fsp3) is 0.348. The number of carbonyl (C=O) groups is 1. The maximum Gasteiger partial charge on any atom is 0.167 e. The van der Waals surface area contributed by atoms with Gasteiger partial charge in [0.1, 0.15) is 18.1 Å². The van der Waals surface area contributed by atoms with E-state index in [-0.39, 0.29) is 17.8 Å². The first-order chi connectivity index (χ1) is 13.0. The van der Waals surface area contributed by atoms with Crippen molar-refractivity contribution in [2.45, 2.75) is 40.3 Å². The Labute approximate surface area is 160 Å². The summed E-state index contributed by atoms with van der Waals surface area (Å²) in [5.74, 6) is 1.80. The first-order valence-electron chi connectivity index (χ1n) is 9.47. The van der Waals surface area contributed by atoms with Crippen molar-refractivity contribution in [1.29, 1.82) is 0 Å². The van der Waals surface area contributed by atoms with Crippen molar-refractivity contribution in [2.24, 2.45) is 5.92 Å². The van der Waals surface area contributed by atoms with Crippen LogP contribution in [0.15, 0.2) is 54.7 Å². The Kier molecular flexibility index (Phi) is 5.84. The Morgan fingerprint density at radius 3 is 2.30 bits per heavy atom. The Bertz CT molecular complexity index is 907. The molecule has 2 aromatic carbocycles. The zero-order valence-electron chi connectivity index (χ0n) is 16.4. The van der Waals surface area contributed by atoms with E-state index >= 15 is 0 Å². The molecular formula is C23H27NO3. The summed E-state index contributed by atoms with van der Waals surface area (Å²) < 4.78 is 13.6. The predicted molar refractivity (Wildman–Crippen MR) is 109 cm³/mol. The highest BCUT2D eigenvalue weighted by atomic mass is 16.5. The van der Waals surface area contributed by atoms with Crippen molar-refractivity contribution in [3.8, 4) is 11.5 Å². The van der Waals surface area contributed by atoms with Gasteiger partial charge >= 0.3 is 0 Å². The molecule has 142 valence electrons. The zero-order valence-corrected chi connectivity index (χ0v) is 16.4. The largest absolute Gasteiger partial charge is 0.492 e. The molecule has 0 radical (unpaired) electrons. The van der Waals surface area contributed by atoms with Crippen LogP contribution in [0, 0.1) is 5.92 Å². The van der Waals surface area contributed by atoms with Gasteiger partial charge < -0.3 is 14.0 Å². The smallest absolute Gasteiger partial charge is 0.167 e. The molecule has 27 heavy (non-hydrogen) atoms. The van der Waals surface area contributed by atoms with Gasteiger partial charge in [0.15, 0.2) is 5.78 Å². The summed E-state index contributed by atoms with van der Waals surface area (Å²) in [5, 5.41) is 1.01. The van der Waals surface area contributed by atoms with Crippen LogP contribution in [0.2, 0.25) is 0 Å². The van der Waals surface area contributed by atoms with Gasteiger partial charge in [-0.3, -0.25) is 4.79 Å². The molecule has 4 nitrogen and oxygen atoms in total. The molecule has 0 aliphatic rings. The van der Waals surface area contributed by atoms with Crippen LogP contribution < -0.4 is 9.47 Å². The minimum absolute atomic E-state index is 0.0212. The molecular weight excluding hydrogens is 338 g/mol. The molecule has 3 aromatic rings. The summed E-state index contributed by atoms with van der Waals surface area (Å²) in [6.07, 6.45) is 2.11. The van der Waals surface area contributed by atoms with Gasteiger partial charge in [-0.15, -0.1) is 0 Å². The zero-order chi connectivity index (χ0) is 19.4. The van der Waals surface area contributed by atoms with Crippen LogP contribution in [0.3, 0.4) is 0 Å². The number of nitrogens with zero attached hydrogens (tertiary/aromatic N) is 1. The fourth-order valence-corrected chi connectivity index (χ4v) is 3.09. The second kappa shape index (κ2) is 8.30. The molecule has 0 aliphatic heterocycles. The first kappa shape index (κ1) is 19.0. The molecule has 0 bridgehead atoms. The summed E-state index contributed by atoms with van der Waals surface area (Å²) in [4.78, 5) is 12.5. The molecule has 0 atom stereocenters. The van der Waals surface area contributed by atoms with E-state index in [4.69, 9.17) is 9.47 Å². The summed E-state index contributed by atoms with van der Waals surface area (Å²) >= 11 is 0. The average molecular weight is 365 g/mol. The number of hydrogen-bond acceptors (Lipinski definition) is 3. The number of para-hydroxylation sites is 1. The summed E-state index contributed by atoms with van der Waals surface area (Å²) in [6.45, 7) is 9.08. The molecule has 0 saturated carbocycles. The standard InChI is InChI=1S/C23H27NO3/c1-16(2)23(25)21-15-24(22-8-6-5-7-20(21)22)13-14-26-18-9-11-19(12-10-18)27-17(3)4/h5-12,15-17H,13-14H2,1-4H3. The van der Waals surface area contributed by atoms with E-state index in [1.54, 1.807) is 0 Å². The van der Waals surface area contributed by atoms with E-state index in [2.05, 4.69) is 4.57 Å². The predicted octanol–water partition coefficient (Wildman–Crippen LogP) is 5.35. The van der Waals surface area contributed by atoms with Gasteiger partial charge in [0, 0.05) is 28.6 Å². The van der Waals surface area contributed by atoms with E-state index in [1.165, 1.54) is 0 Å². The SMILES string of the molecule is CC(C)Oc1ccc(OCCn2cc(C(=O)C(C)C)c3ccccc32)cc1.